The molecule has 0 amide bonds. The lowest BCUT2D eigenvalue weighted by molar-refractivity contribution is -0.137. The van der Waals surface area contributed by atoms with Crippen LogP contribution in [0.1, 0.15) is 50.3 Å². The largest absolute Gasteiger partial charge is 0.425 e. The van der Waals surface area contributed by atoms with Crippen molar-refractivity contribution in [1.29, 1.82) is 0 Å². The second-order valence-electron chi connectivity index (χ2n) is 8.62. The first kappa shape index (κ1) is 25.6. The molecule has 0 aliphatic carbocycles. The van der Waals surface area contributed by atoms with E-state index in [2.05, 4.69) is 4.72 Å². The van der Waals surface area contributed by atoms with E-state index in [0.717, 1.165) is 29.4 Å². The van der Waals surface area contributed by atoms with Gasteiger partial charge in [0.2, 0.25) is 10.0 Å². The van der Waals surface area contributed by atoms with E-state index in [1.54, 1.807) is 38.1 Å². The highest BCUT2D eigenvalue weighted by Crippen LogP contribution is 2.29. The zero-order valence-corrected chi connectivity index (χ0v) is 21.0. The third-order valence-electron chi connectivity index (χ3n) is 6.01. The van der Waals surface area contributed by atoms with E-state index in [-0.39, 0.29) is 16.6 Å². The Hall–Kier alpha value is -2.97. The van der Waals surface area contributed by atoms with E-state index < -0.39 is 27.7 Å². The molecule has 0 unspecified atom stereocenters. The maximum atomic E-state index is 13.2. The number of nitrogens with one attached hydrogen (secondary N) is 1. The summed E-state index contributed by atoms with van der Waals surface area (Å²) in [7, 11) is -3.94. The molecule has 0 spiro atoms. The molecule has 0 bridgehead atoms. The molecule has 0 fully saturated rings. The molecule has 182 valence electrons. The Morgan fingerprint density at radius 1 is 1.09 bits per heavy atom. The molecule has 8 heteroatoms. The van der Waals surface area contributed by atoms with Crippen molar-refractivity contribution in [2.24, 2.45) is 5.92 Å². The van der Waals surface area contributed by atoms with Crippen molar-refractivity contribution in [3.8, 4) is 5.75 Å². The number of ether oxygens (including phenoxy) is 1. The van der Waals surface area contributed by atoms with Crippen molar-refractivity contribution in [2.75, 3.05) is 0 Å². The molecule has 0 aliphatic heterocycles. The SMILES string of the molecule is CCCc1cc(=O)oc2c(C)c(OC(=O)[C@H](NS(=O)(=O)c3ccc(C)cc3)[C@@H](C)CC)ccc12. The topological polar surface area (TPSA) is 103 Å². The standard InChI is InChI=1S/C26H31NO6S/c1-6-8-19-15-23(28)33-25-18(5)22(14-13-21(19)25)32-26(29)24(17(4)7-2)27-34(30,31)20-11-9-16(3)10-12-20/h9-15,17,24,27H,6-8H2,1-5H3/t17-,24+/m0/s1. The number of rotatable bonds is 9. The Balaban J connectivity index is 1.93. The Morgan fingerprint density at radius 2 is 1.76 bits per heavy atom. The fraction of sp³-hybridized carbons (Fsp3) is 0.385. The van der Waals surface area contributed by atoms with Crippen molar-refractivity contribution in [3.05, 3.63) is 69.6 Å². The van der Waals surface area contributed by atoms with E-state index >= 15 is 0 Å². The number of benzene rings is 2. The van der Waals surface area contributed by atoms with Gasteiger partial charge in [-0.15, -0.1) is 0 Å². The van der Waals surface area contributed by atoms with Crippen LogP contribution in [0.4, 0.5) is 0 Å². The van der Waals surface area contributed by atoms with Crippen LogP contribution in [-0.2, 0) is 21.2 Å². The minimum Gasteiger partial charge on any atom is -0.425 e. The highest BCUT2D eigenvalue weighted by atomic mass is 32.2. The summed E-state index contributed by atoms with van der Waals surface area (Å²) in [6.45, 7) is 9.25. The second-order valence-corrected chi connectivity index (χ2v) is 10.3. The van der Waals surface area contributed by atoms with Crippen LogP contribution in [0.2, 0.25) is 0 Å². The third kappa shape index (κ3) is 5.56. The van der Waals surface area contributed by atoms with E-state index in [1.165, 1.54) is 18.2 Å². The van der Waals surface area contributed by atoms with Gasteiger partial charge in [-0.2, -0.15) is 4.72 Å². The molecule has 1 N–H and O–H groups in total. The number of carbonyl (C=O) groups excluding carboxylic acids is 1. The molecular formula is C26H31NO6S. The van der Waals surface area contributed by atoms with Crippen LogP contribution in [0.3, 0.4) is 0 Å². The second kappa shape index (κ2) is 10.5. The lowest BCUT2D eigenvalue weighted by Crippen LogP contribution is -2.47. The number of esters is 1. The number of hydrogen-bond acceptors (Lipinski definition) is 6. The molecule has 1 heterocycles. The van der Waals surface area contributed by atoms with Gasteiger partial charge >= 0.3 is 11.6 Å². The summed E-state index contributed by atoms with van der Waals surface area (Å²) >= 11 is 0. The molecule has 2 atom stereocenters. The monoisotopic (exact) mass is 485 g/mol. The van der Waals surface area contributed by atoms with E-state index in [1.807, 2.05) is 20.8 Å². The molecule has 0 saturated heterocycles. The summed E-state index contributed by atoms with van der Waals surface area (Å²) in [6, 6.07) is 10.2. The first-order chi connectivity index (χ1) is 16.1. The summed E-state index contributed by atoms with van der Waals surface area (Å²) in [5.41, 5.74) is 2.20. The highest BCUT2D eigenvalue weighted by molar-refractivity contribution is 7.89. The summed E-state index contributed by atoms with van der Waals surface area (Å²) in [6.07, 6.45) is 2.14. The fourth-order valence-corrected chi connectivity index (χ4v) is 5.04. The molecule has 1 aromatic heterocycles. The zero-order chi connectivity index (χ0) is 25.0. The molecule has 3 rings (SSSR count). The van der Waals surface area contributed by atoms with Gasteiger partial charge in [-0.3, -0.25) is 0 Å². The van der Waals surface area contributed by atoms with Crippen LogP contribution >= 0.6 is 0 Å². The first-order valence-electron chi connectivity index (χ1n) is 11.4. The average molecular weight is 486 g/mol. The maximum absolute atomic E-state index is 13.2. The Labute approximate surface area is 200 Å². The number of aryl methyl sites for hydroxylation is 3. The van der Waals surface area contributed by atoms with Crippen molar-refractivity contribution >= 4 is 27.0 Å². The summed E-state index contributed by atoms with van der Waals surface area (Å²) < 4.78 is 39.5. The molecule has 0 aliphatic rings. The molecule has 0 radical (unpaired) electrons. The van der Waals surface area contributed by atoms with Gasteiger partial charge in [-0.25, -0.2) is 18.0 Å². The van der Waals surface area contributed by atoms with Gasteiger partial charge in [-0.1, -0.05) is 51.3 Å². The molecule has 2 aromatic carbocycles. The summed E-state index contributed by atoms with van der Waals surface area (Å²) in [4.78, 5) is 25.3. The van der Waals surface area contributed by atoms with Crippen molar-refractivity contribution in [1.82, 2.24) is 4.72 Å². The zero-order valence-electron chi connectivity index (χ0n) is 20.2. The predicted octanol–water partition coefficient (Wildman–Crippen LogP) is 4.66. The van der Waals surface area contributed by atoms with Crippen LogP contribution in [-0.4, -0.2) is 20.4 Å². The van der Waals surface area contributed by atoms with Crippen LogP contribution in [0, 0.1) is 19.8 Å². The summed E-state index contributed by atoms with van der Waals surface area (Å²) in [5.74, 6) is -0.820. The van der Waals surface area contributed by atoms with E-state index in [0.29, 0.717) is 17.6 Å². The van der Waals surface area contributed by atoms with Crippen LogP contribution < -0.4 is 15.1 Å². The molecule has 34 heavy (non-hydrogen) atoms. The quantitative estimate of drug-likeness (QED) is 0.269. The van der Waals surface area contributed by atoms with Gasteiger partial charge < -0.3 is 9.15 Å². The molecule has 3 aromatic rings. The van der Waals surface area contributed by atoms with Gasteiger partial charge in [0.15, 0.2) is 0 Å². The first-order valence-corrected chi connectivity index (χ1v) is 12.9. The fourth-order valence-electron chi connectivity index (χ4n) is 3.75. The normalized spacial score (nSPS) is 13.6. The molecule has 0 saturated carbocycles. The third-order valence-corrected chi connectivity index (χ3v) is 7.46. The van der Waals surface area contributed by atoms with Gasteiger partial charge in [0.05, 0.1) is 4.90 Å². The minimum absolute atomic E-state index is 0.0753. The Kier molecular flexibility index (Phi) is 7.94. The Bertz CT molecular complexity index is 1340. The van der Waals surface area contributed by atoms with Gasteiger partial charge in [-0.05, 0) is 56.0 Å². The van der Waals surface area contributed by atoms with Gasteiger partial charge in [0.25, 0.3) is 0 Å². The number of hydrogen-bond donors (Lipinski definition) is 1. The van der Waals surface area contributed by atoms with E-state index in [4.69, 9.17) is 9.15 Å². The van der Waals surface area contributed by atoms with Crippen LogP contribution in [0.5, 0.6) is 5.75 Å². The predicted molar refractivity (Wildman–Crippen MR) is 132 cm³/mol. The Morgan fingerprint density at radius 3 is 2.38 bits per heavy atom. The number of sulfonamides is 1. The minimum atomic E-state index is -3.94. The van der Waals surface area contributed by atoms with Crippen molar-refractivity contribution in [3.63, 3.8) is 0 Å². The van der Waals surface area contributed by atoms with Crippen LogP contribution in [0.25, 0.3) is 11.0 Å². The summed E-state index contributed by atoms with van der Waals surface area (Å²) in [5, 5.41) is 0.789. The average Bonchev–Trinajstić information content (AvgIpc) is 2.79. The lowest BCUT2D eigenvalue weighted by atomic mass is 10.00. The van der Waals surface area contributed by atoms with Crippen LogP contribution in [0.15, 0.2) is 56.6 Å². The van der Waals surface area contributed by atoms with Crippen molar-refractivity contribution < 1.29 is 22.4 Å². The lowest BCUT2D eigenvalue weighted by Gasteiger charge is -2.23. The van der Waals surface area contributed by atoms with Gasteiger partial charge in [0.1, 0.15) is 17.4 Å². The van der Waals surface area contributed by atoms with Gasteiger partial charge in [0, 0.05) is 17.0 Å². The molecule has 7 nitrogen and oxygen atoms in total. The maximum Gasteiger partial charge on any atom is 0.336 e. The van der Waals surface area contributed by atoms with Crippen molar-refractivity contribution in [2.45, 2.75) is 64.8 Å². The number of carbonyl (C=O) groups is 1. The molecular weight excluding hydrogens is 454 g/mol. The van der Waals surface area contributed by atoms with E-state index in [9.17, 15) is 18.0 Å². The highest BCUT2D eigenvalue weighted by Gasteiger charge is 2.32. The number of fused-ring (bicyclic) bond motifs is 1. The smallest absolute Gasteiger partial charge is 0.336 e.